The fourth-order valence-electron chi connectivity index (χ4n) is 1.22. The molecule has 0 saturated carbocycles. The van der Waals surface area contributed by atoms with Crippen molar-refractivity contribution in [2.24, 2.45) is 0 Å². The lowest BCUT2D eigenvalue weighted by atomic mass is 10.1. The van der Waals surface area contributed by atoms with Gasteiger partial charge in [-0.15, -0.1) is 0 Å². The first kappa shape index (κ1) is 9.87. The van der Waals surface area contributed by atoms with E-state index in [1.54, 1.807) is 6.20 Å². The predicted molar refractivity (Wildman–Crippen MR) is 65.1 cm³/mol. The first-order valence-electron chi connectivity index (χ1n) is 4.14. The molecule has 0 bridgehead atoms. The van der Waals surface area contributed by atoms with Crippen LogP contribution in [0.15, 0.2) is 51.5 Å². The molecule has 0 saturated heterocycles. The van der Waals surface area contributed by atoms with Gasteiger partial charge in [0.05, 0.1) is 5.69 Å². The van der Waals surface area contributed by atoms with Gasteiger partial charge in [0.25, 0.3) is 0 Å². The zero-order valence-corrected chi connectivity index (χ0v) is 10.4. The van der Waals surface area contributed by atoms with Crippen LogP contribution in [0.4, 0.5) is 0 Å². The maximum Gasteiger partial charge on any atom is 0.0713 e. The van der Waals surface area contributed by atoms with Crippen LogP contribution in [0.5, 0.6) is 0 Å². The third kappa shape index (κ3) is 1.88. The molecule has 0 N–H and O–H groups in total. The van der Waals surface area contributed by atoms with Crippen molar-refractivity contribution in [3.05, 3.63) is 51.5 Å². The largest absolute Gasteiger partial charge is 0.256 e. The Kier molecular flexibility index (Phi) is 2.99. The minimum absolute atomic E-state index is 0.973. The average Bonchev–Trinajstić information content (AvgIpc) is 2.23. The van der Waals surface area contributed by atoms with E-state index in [0.717, 1.165) is 20.2 Å². The smallest absolute Gasteiger partial charge is 0.0713 e. The lowest BCUT2D eigenvalue weighted by Gasteiger charge is -2.04. The second kappa shape index (κ2) is 4.24. The van der Waals surface area contributed by atoms with Gasteiger partial charge in [-0.2, -0.15) is 0 Å². The van der Waals surface area contributed by atoms with Crippen LogP contribution in [0.25, 0.3) is 11.3 Å². The highest BCUT2D eigenvalue weighted by Crippen LogP contribution is 2.32. The van der Waals surface area contributed by atoms with Crippen molar-refractivity contribution in [3.63, 3.8) is 0 Å². The van der Waals surface area contributed by atoms with Crippen LogP contribution in [0, 0.1) is 0 Å². The minimum atomic E-state index is 0.973. The number of hydrogen-bond acceptors (Lipinski definition) is 1. The minimum Gasteiger partial charge on any atom is -0.256 e. The molecule has 1 aromatic heterocycles. The predicted octanol–water partition coefficient (Wildman–Crippen LogP) is 4.27. The summed E-state index contributed by atoms with van der Waals surface area (Å²) in [4.78, 5) is 4.30. The monoisotopic (exact) mass is 311 g/mol. The Balaban J connectivity index is 2.58. The highest BCUT2D eigenvalue weighted by molar-refractivity contribution is 9.13. The Bertz CT molecular complexity index is 440. The second-order valence-corrected chi connectivity index (χ2v) is 4.46. The third-order valence-corrected chi connectivity index (χ3v) is 3.94. The Morgan fingerprint density at radius 1 is 0.929 bits per heavy atom. The zero-order chi connectivity index (χ0) is 9.97. The summed E-state index contributed by atoms with van der Waals surface area (Å²) < 4.78 is 2.08. The van der Waals surface area contributed by atoms with Gasteiger partial charge in [0.1, 0.15) is 0 Å². The van der Waals surface area contributed by atoms with Gasteiger partial charge in [0.15, 0.2) is 0 Å². The van der Waals surface area contributed by atoms with Gasteiger partial charge in [-0.3, -0.25) is 4.98 Å². The van der Waals surface area contributed by atoms with Crippen LogP contribution in [-0.4, -0.2) is 4.98 Å². The molecule has 2 rings (SSSR count). The molecule has 3 heteroatoms. The number of benzene rings is 1. The topological polar surface area (TPSA) is 12.9 Å². The van der Waals surface area contributed by atoms with Crippen molar-refractivity contribution < 1.29 is 0 Å². The second-order valence-electron chi connectivity index (χ2n) is 2.82. The molecule has 1 aromatic carbocycles. The molecule has 2 aromatic rings. The molecule has 0 radical (unpaired) electrons. The van der Waals surface area contributed by atoms with Crippen LogP contribution in [-0.2, 0) is 0 Å². The number of halogens is 2. The summed E-state index contributed by atoms with van der Waals surface area (Å²) in [5, 5.41) is 0. The van der Waals surface area contributed by atoms with Crippen molar-refractivity contribution in [2.75, 3.05) is 0 Å². The Labute approximate surface area is 99.4 Å². The summed E-state index contributed by atoms with van der Waals surface area (Å²) in [6, 6.07) is 11.9. The van der Waals surface area contributed by atoms with Crippen molar-refractivity contribution in [1.29, 1.82) is 0 Å². The van der Waals surface area contributed by atoms with Gasteiger partial charge in [0, 0.05) is 20.7 Å². The van der Waals surface area contributed by atoms with E-state index in [0.29, 0.717) is 0 Å². The molecule has 0 amide bonds. The molecule has 1 heterocycles. The molecular weight excluding hydrogens is 306 g/mol. The van der Waals surface area contributed by atoms with Crippen molar-refractivity contribution in [1.82, 2.24) is 4.98 Å². The molecule has 1 nitrogen and oxygen atoms in total. The van der Waals surface area contributed by atoms with E-state index in [4.69, 9.17) is 0 Å². The molecule has 0 aliphatic carbocycles. The zero-order valence-electron chi connectivity index (χ0n) is 7.24. The first-order valence-corrected chi connectivity index (χ1v) is 5.73. The fraction of sp³-hybridized carbons (Fsp3) is 0. The summed E-state index contributed by atoms with van der Waals surface area (Å²) in [6.07, 6.45) is 1.79. The summed E-state index contributed by atoms with van der Waals surface area (Å²) in [5.41, 5.74) is 2.07. The number of rotatable bonds is 1. The SMILES string of the molecule is Brc1cccc(-c2ccccn2)c1Br. The lowest BCUT2D eigenvalue weighted by molar-refractivity contribution is 1.32. The number of pyridine rings is 1. The highest BCUT2D eigenvalue weighted by atomic mass is 79.9. The van der Waals surface area contributed by atoms with E-state index in [-0.39, 0.29) is 0 Å². The molecule has 0 spiro atoms. The molecule has 0 atom stereocenters. The molecule has 0 fully saturated rings. The van der Waals surface area contributed by atoms with E-state index in [9.17, 15) is 0 Å². The summed E-state index contributed by atoms with van der Waals surface area (Å²) in [6.45, 7) is 0. The summed E-state index contributed by atoms with van der Waals surface area (Å²) in [7, 11) is 0. The van der Waals surface area contributed by atoms with Crippen molar-refractivity contribution in [3.8, 4) is 11.3 Å². The Morgan fingerprint density at radius 3 is 2.50 bits per heavy atom. The molecule has 70 valence electrons. The molecule has 0 unspecified atom stereocenters. The summed E-state index contributed by atoms with van der Waals surface area (Å²) >= 11 is 7.00. The standard InChI is InChI=1S/C11H7Br2N/c12-9-5-3-4-8(11(9)13)10-6-1-2-7-14-10/h1-7H. The van der Waals surface area contributed by atoms with Crippen molar-refractivity contribution in [2.45, 2.75) is 0 Å². The number of aromatic nitrogens is 1. The molecule has 0 aliphatic heterocycles. The van der Waals surface area contributed by atoms with Crippen LogP contribution >= 0.6 is 31.9 Å². The van der Waals surface area contributed by atoms with Crippen LogP contribution < -0.4 is 0 Å². The first-order chi connectivity index (χ1) is 6.79. The quantitative estimate of drug-likeness (QED) is 0.766. The van der Waals surface area contributed by atoms with Crippen LogP contribution in [0.1, 0.15) is 0 Å². The third-order valence-electron chi connectivity index (χ3n) is 1.89. The summed E-state index contributed by atoms with van der Waals surface area (Å²) in [5.74, 6) is 0. The maximum atomic E-state index is 4.30. The van der Waals surface area contributed by atoms with Gasteiger partial charge in [-0.1, -0.05) is 18.2 Å². The van der Waals surface area contributed by atoms with E-state index in [1.165, 1.54) is 0 Å². The van der Waals surface area contributed by atoms with Crippen LogP contribution in [0.2, 0.25) is 0 Å². The Hall–Kier alpha value is -0.670. The fourth-order valence-corrected chi connectivity index (χ4v) is 2.06. The normalized spacial score (nSPS) is 10.1. The van der Waals surface area contributed by atoms with E-state index in [1.807, 2.05) is 36.4 Å². The molecule has 14 heavy (non-hydrogen) atoms. The maximum absolute atomic E-state index is 4.30. The molecule has 0 aliphatic rings. The van der Waals surface area contributed by atoms with Gasteiger partial charge in [-0.05, 0) is 50.1 Å². The highest BCUT2D eigenvalue weighted by Gasteiger charge is 2.05. The van der Waals surface area contributed by atoms with E-state index < -0.39 is 0 Å². The van der Waals surface area contributed by atoms with Gasteiger partial charge in [-0.25, -0.2) is 0 Å². The van der Waals surface area contributed by atoms with Gasteiger partial charge in [0.2, 0.25) is 0 Å². The van der Waals surface area contributed by atoms with Gasteiger partial charge >= 0.3 is 0 Å². The number of hydrogen-bond donors (Lipinski definition) is 0. The average molecular weight is 313 g/mol. The van der Waals surface area contributed by atoms with E-state index >= 15 is 0 Å². The lowest BCUT2D eigenvalue weighted by Crippen LogP contribution is -1.83. The van der Waals surface area contributed by atoms with Gasteiger partial charge < -0.3 is 0 Å². The molecular formula is C11H7Br2N. The number of nitrogens with zero attached hydrogens (tertiary/aromatic N) is 1. The van der Waals surface area contributed by atoms with Crippen LogP contribution in [0.3, 0.4) is 0 Å². The van der Waals surface area contributed by atoms with E-state index in [2.05, 4.69) is 36.8 Å². The van der Waals surface area contributed by atoms with Crippen molar-refractivity contribution >= 4 is 31.9 Å². The Morgan fingerprint density at radius 2 is 1.79 bits per heavy atom.